The number of aromatic nitrogens is 4. The van der Waals surface area contributed by atoms with E-state index in [2.05, 4.69) is 39.0 Å². The van der Waals surface area contributed by atoms with Gasteiger partial charge in [0.2, 0.25) is 5.28 Å². The second kappa shape index (κ2) is 4.97. The van der Waals surface area contributed by atoms with E-state index in [1.807, 2.05) is 18.2 Å². The predicted octanol–water partition coefficient (Wildman–Crippen LogP) is 3.35. The van der Waals surface area contributed by atoms with Crippen LogP contribution in [0.5, 0.6) is 0 Å². The number of nitrogens with one attached hydrogen (secondary N) is 1. The first-order valence-corrected chi connectivity index (χ1v) is 6.52. The van der Waals surface area contributed by atoms with Crippen LogP contribution in [0.1, 0.15) is 24.1 Å². The Labute approximate surface area is 115 Å². The van der Waals surface area contributed by atoms with Gasteiger partial charge in [0.05, 0.1) is 12.0 Å². The summed E-state index contributed by atoms with van der Waals surface area (Å²) in [4.78, 5) is 15.6. The number of benzene rings is 1. The fourth-order valence-electron chi connectivity index (χ4n) is 2.20. The van der Waals surface area contributed by atoms with Gasteiger partial charge in [-0.05, 0) is 29.5 Å². The van der Waals surface area contributed by atoms with Crippen molar-refractivity contribution in [2.75, 3.05) is 0 Å². The van der Waals surface area contributed by atoms with Crippen LogP contribution in [-0.2, 0) is 6.42 Å². The van der Waals surface area contributed by atoms with E-state index in [0.717, 1.165) is 17.6 Å². The summed E-state index contributed by atoms with van der Waals surface area (Å²) in [6, 6.07) is 10.4. The molecule has 0 aliphatic carbocycles. The van der Waals surface area contributed by atoms with Gasteiger partial charge in [0, 0.05) is 0 Å². The number of hydrogen-bond acceptors (Lipinski definition) is 3. The monoisotopic (exact) mass is 272 g/mol. The molecule has 1 N–H and O–H groups in total. The van der Waals surface area contributed by atoms with Gasteiger partial charge >= 0.3 is 0 Å². The molecule has 0 aliphatic heterocycles. The number of imidazole rings is 1. The minimum atomic E-state index is 0.245. The molecule has 3 rings (SSSR count). The number of H-pyrrole nitrogens is 1. The van der Waals surface area contributed by atoms with E-state index in [4.69, 9.17) is 11.6 Å². The van der Waals surface area contributed by atoms with Crippen LogP contribution in [0.15, 0.2) is 36.7 Å². The van der Waals surface area contributed by atoms with Gasteiger partial charge in [0.15, 0.2) is 5.65 Å². The zero-order valence-electron chi connectivity index (χ0n) is 10.5. The average Bonchev–Trinajstić information content (AvgIpc) is 2.88. The Morgan fingerprint density at radius 3 is 2.79 bits per heavy atom. The zero-order chi connectivity index (χ0) is 13.2. The zero-order valence-corrected chi connectivity index (χ0v) is 11.2. The molecule has 5 heteroatoms. The summed E-state index contributed by atoms with van der Waals surface area (Å²) < 4.78 is 0. The van der Waals surface area contributed by atoms with E-state index in [9.17, 15) is 0 Å². The maximum absolute atomic E-state index is 5.93. The van der Waals surface area contributed by atoms with Crippen LogP contribution in [0, 0.1) is 0 Å². The minimum Gasteiger partial charge on any atom is -0.342 e. The summed E-state index contributed by atoms with van der Waals surface area (Å²) in [6.45, 7) is 2.17. The maximum atomic E-state index is 5.93. The second-order valence-electron chi connectivity index (χ2n) is 4.56. The number of rotatable bonds is 3. The first kappa shape index (κ1) is 12.1. The smallest absolute Gasteiger partial charge is 0.224 e. The molecule has 0 aliphatic rings. The van der Waals surface area contributed by atoms with E-state index in [1.165, 1.54) is 5.56 Å². The van der Waals surface area contributed by atoms with Crippen molar-refractivity contribution in [3.63, 3.8) is 0 Å². The molecule has 0 fully saturated rings. The van der Waals surface area contributed by atoms with Crippen molar-refractivity contribution in [1.29, 1.82) is 0 Å². The summed E-state index contributed by atoms with van der Waals surface area (Å²) in [6.07, 6.45) is 2.41. The highest BCUT2D eigenvalue weighted by molar-refractivity contribution is 6.28. The van der Waals surface area contributed by atoms with Crippen molar-refractivity contribution in [3.05, 3.63) is 53.2 Å². The molecule has 0 radical (unpaired) electrons. The van der Waals surface area contributed by atoms with Crippen molar-refractivity contribution < 1.29 is 0 Å². The molecule has 0 bridgehead atoms. The molecule has 1 aromatic carbocycles. The molecule has 4 nitrogen and oxygen atoms in total. The molecule has 1 unspecified atom stereocenters. The number of halogens is 1. The van der Waals surface area contributed by atoms with Crippen molar-refractivity contribution in [2.45, 2.75) is 19.3 Å². The first-order chi connectivity index (χ1) is 9.24. The van der Waals surface area contributed by atoms with E-state index in [1.54, 1.807) is 6.33 Å². The molecule has 0 saturated heterocycles. The van der Waals surface area contributed by atoms with Crippen LogP contribution >= 0.6 is 11.6 Å². The van der Waals surface area contributed by atoms with Crippen molar-refractivity contribution in [3.8, 4) is 0 Å². The number of aromatic amines is 1. The van der Waals surface area contributed by atoms with Gasteiger partial charge in [-0.1, -0.05) is 37.3 Å². The molecule has 3 aromatic rings. The van der Waals surface area contributed by atoms with Gasteiger partial charge in [-0.3, -0.25) is 0 Å². The lowest BCUT2D eigenvalue weighted by Gasteiger charge is -2.11. The fraction of sp³-hybridized carbons (Fsp3) is 0.214. The normalized spacial score (nSPS) is 12.7. The van der Waals surface area contributed by atoms with Crippen LogP contribution in [0.2, 0.25) is 5.28 Å². The van der Waals surface area contributed by atoms with Gasteiger partial charge in [-0.25, -0.2) is 9.97 Å². The Bertz CT molecular complexity index is 693. The van der Waals surface area contributed by atoms with Crippen LogP contribution < -0.4 is 0 Å². The third-order valence-corrected chi connectivity index (χ3v) is 3.37. The van der Waals surface area contributed by atoms with Gasteiger partial charge in [0.1, 0.15) is 5.52 Å². The van der Waals surface area contributed by atoms with Crippen LogP contribution in [0.25, 0.3) is 11.2 Å². The molecule has 96 valence electrons. The third-order valence-electron chi connectivity index (χ3n) is 3.20. The van der Waals surface area contributed by atoms with E-state index < -0.39 is 0 Å². The van der Waals surface area contributed by atoms with Crippen molar-refractivity contribution >= 4 is 22.8 Å². The molecule has 19 heavy (non-hydrogen) atoms. The highest BCUT2D eigenvalue weighted by atomic mass is 35.5. The number of hydrogen-bond donors (Lipinski definition) is 1. The third kappa shape index (κ3) is 2.44. The maximum Gasteiger partial charge on any atom is 0.224 e. The standard InChI is InChI=1S/C14H13ClN4/c1-9(10-5-3-2-4-6-10)7-11-12-13(17-8-16-12)19-14(15)18-11/h2-6,8-9H,7H2,1H3,(H,16,17,18,19). The summed E-state index contributed by atoms with van der Waals surface area (Å²) in [7, 11) is 0. The first-order valence-electron chi connectivity index (χ1n) is 6.14. The van der Waals surface area contributed by atoms with Crippen molar-refractivity contribution in [2.24, 2.45) is 0 Å². The van der Waals surface area contributed by atoms with Gasteiger partial charge in [-0.15, -0.1) is 0 Å². The van der Waals surface area contributed by atoms with Crippen LogP contribution in [0.4, 0.5) is 0 Å². The second-order valence-corrected chi connectivity index (χ2v) is 4.89. The van der Waals surface area contributed by atoms with E-state index >= 15 is 0 Å². The molecule has 0 amide bonds. The topological polar surface area (TPSA) is 54.5 Å². The summed E-state index contributed by atoms with van der Waals surface area (Å²) in [5.74, 6) is 0.360. The Morgan fingerprint density at radius 2 is 2.00 bits per heavy atom. The molecule has 0 spiro atoms. The molecule has 2 aromatic heterocycles. The molecule has 1 atom stereocenters. The average molecular weight is 273 g/mol. The molecule has 2 heterocycles. The summed E-state index contributed by atoms with van der Waals surface area (Å²) in [5.41, 5.74) is 3.68. The molecular formula is C14H13ClN4. The Kier molecular flexibility index (Phi) is 3.17. The predicted molar refractivity (Wildman–Crippen MR) is 75.3 cm³/mol. The quantitative estimate of drug-likeness (QED) is 0.744. The number of fused-ring (bicyclic) bond motifs is 1. The van der Waals surface area contributed by atoms with Crippen LogP contribution in [-0.4, -0.2) is 19.9 Å². The van der Waals surface area contributed by atoms with Crippen LogP contribution in [0.3, 0.4) is 0 Å². The van der Waals surface area contributed by atoms with Gasteiger partial charge in [-0.2, -0.15) is 4.98 Å². The largest absolute Gasteiger partial charge is 0.342 e. The minimum absolute atomic E-state index is 0.245. The lowest BCUT2D eigenvalue weighted by Crippen LogP contribution is -2.02. The van der Waals surface area contributed by atoms with Crippen molar-refractivity contribution in [1.82, 2.24) is 19.9 Å². The summed E-state index contributed by atoms with van der Waals surface area (Å²) in [5, 5.41) is 0.245. The lowest BCUT2D eigenvalue weighted by atomic mass is 9.96. The highest BCUT2D eigenvalue weighted by Crippen LogP contribution is 2.23. The Morgan fingerprint density at radius 1 is 1.21 bits per heavy atom. The molecule has 0 saturated carbocycles. The lowest BCUT2D eigenvalue weighted by molar-refractivity contribution is 0.743. The van der Waals surface area contributed by atoms with Gasteiger partial charge in [0.25, 0.3) is 0 Å². The van der Waals surface area contributed by atoms with E-state index in [-0.39, 0.29) is 5.28 Å². The Balaban J connectivity index is 1.95. The fourth-order valence-corrected chi connectivity index (χ4v) is 2.38. The number of nitrogens with zero attached hydrogens (tertiary/aromatic N) is 3. The highest BCUT2D eigenvalue weighted by Gasteiger charge is 2.13. The molecular weight excluding hydrogens is 260 g/mol. The SMILES string of the molecule is CC(Cc1nc(Cl)nc2nc[nH]c12)c1ccccc1. The van der Waals surface area contributed by atoms with E-state index in [0.29, 0.717) is 11.6 Å². The van der Waals surface area contributed by atoms with Gasteiger partial charge < -0.3 is 4.98 Å². The summed E-state index contributed by atoms with van der Waals surface area (Å²) >= 11 is 5.93. The Hall–Kier alpha value is -1.94.